The number of hydrogen-bond acceptors (Lipinski definition) is 12. The maximum atomic E-state index is 16.3. The second-order valence-electron chi connectivity index (χ2n) is 19.9. The molecule has 6 amide bonds. The highest BCUT2D eigenvalue weighted by Gasteiger charge is 2.46. The van der Waals surface area contributed by atoms with E-state index in [0.717, 1.165) is 80.5 Å². The Labute approximate surface area is 436 Å². The van der Waals surface area contributed by atoms with Crippen molar-refractivity contribution in [3.05, 3.63) is 118 Å². The van der Waals surface area contributed by atoms with Gasteiger partial charge in [-0.25, -0.2) is 4.39 Å². The summed E-state index contributed by atoms with van der Waals surface area (Å²) in [5, 5.41) is 12.3. The van der Waals surface area contributed by atoms with Gasteiger partial charge in [0, 0.05) is 87.5 Å². The van der Waals surface area contributed by atoms with Crippen molar-refractivity contribution in [1.82, 2.24) is 31.1 Å². The molecule has 2 atom stereocenters. The molecule has 1 aliphatic carbocycles. The van der Waals surface area contributed by atoms with E-state index in [4.69, 9.17) is 25.8 Å². The van der Waals surface area contributed by atoms with Gasteiger partial charge in [-0.05, 0) is 105 Å². The Morgan fingerprint density at radius 3 is 2.19 bits per heavy atom. The van der Waals surface area contributed by atoms with Gasteiger partial charge in [0.2, 0.25) is 17.7 Å². The van der Waals surface area contributed by atoms with Crippen LogP contribution in [0.5, 0.6) is 5.75 Å². The van der Waals surface area contributed by atoms with Gasteiger partial charge in [0.15, 0.2) is 11.6 Å². The fourth-order valence-corrected chi connectivity index (χ4v) is 11.4. The predicted octanol–water partition coefficient (Wildman–Crippen LogP) is 6.23. The summed E-state index contributed by atoms with van der Waals surface area (Å²) in [7, 11) is 3.04. The van der Waals surface area contributed by atoms with Gasteiger partial charge in [0.05, 0.1) is 47.7 Å². The lowest BCUT2D eigenvalue weighted by atomic mass is 9.87. The molecule has 0 bridgehead atoms. The quantitative estimate of drug-likeness (QED) is 0.0651. The molecular weight excluding hydrogens is 969 g/mol. The molecule has 4 aromatic rings. The molecule has 4 aliphatic heterocycles. The lowest BCUT2D eigenvalue weighted by Gasteiger charge is -2.38. The number of halogens is 2. The molecule has 74 heavy (non-hydrogen) atoms. The third kappa shape index (κ3) is 11.8. The number of anilines is 1. The van der Waals surface area contributed by atoms with Crippen molar-refractivity contribution in [1.29, 1.82) is 0 Å². The van der Waals surface area contributed by atoms with Crippen LogP contribution in [0.15, 0.2) is 78.9 Å². The first-order valence-electron chi connectivity index (χ1n) is 25.9. The number of nitrogens with one attached hydrogen (secondary N) is 4. The summed E-state index contributed by atoms with van der Waals surface area (Å²) in [6.45, 7) is 4.17. The van der Waals surface area contributed by atoms with E-state index >= 15 is 4.39 Å². The molecule has 1 saturated carbocycles. The SMILES string of the molecule is CNC(=O)c1ccc(OCCOC)c(F)c1-c1cc(C(CNC2CCC(NC(=O)CN3CCC(OC4CCN(c5cccc6c5C(=O)N(C5CCC(=O)NC5=O)C6=O)CC4)CC3)CC2)c2ccccc2)ccc1Cl. The minimum Gasteiger partial charge on any atom is -0.488 e. The number of benzene rings is 4. The average molecular weight is 1030 g/mol. The number of carbonyl (C=O) groups excluding carboxylic acids is 6. The number of likely N-dealkylation sites (tertiary alicyclic amines) is 1. The van der Waals surface area contributed by atoms with Crippen LogP contribution in [0.2, 0.25) is 5.02 Å². The van der Waals surface area contributed by atoms with Gasteiger partial charge >= 0.3 is 0 Å². The van der Waals surface area contributed by atoms with Crippen LogP contribution in [0.4, 0.5) is 10.1 Å². The van der Waals surface area contributed by atoms with Crippen LogP contribution < -0.4 is 30.9 Å². The number of rotatable bonds is 18. The van der Waals surface area contributed by atoms with Crippen molar-refractivity contribution < 1.29 is 47.4 Å². The van der Waals surface area contributed by atoms with E-state index in [1.165, 1.54) is 20.2 Å². The Morgan fingerprint density at radius 2 is 1.49 bits per heavy atom. The molecule has 392 valence electrons. The van der Waals surface area contributed by atoms with Crippen LogP contribution in [-0.2, 0) is 23.9 Å². The lowest BCUT2D eigenvalue weighted by molar-refractivity contribution is -0.136. The highest BCUT2D eigenvalue weighted by atomic mass is 35.5. The molecule has 4 fully saturated rings. The van der Waals surface area contributed by atoms with Gasteiger partial charge in [0.1, 0.15) is 12.6 Å². The fourth-order valence-electron chi connectivity index (χ4n) is 11.2. The molecule has 16 nitrogen and oxygen atoms in total. The third-order valence-electron chi connectivity index (χ3n) is 15.2. The molecule has 9 rings (SSSR count). The van der Waals surface area contributed by atoms with E-state index in [1.807, 2.05) is 36.4 Å². The molecular formula is C56H65ClFN7O9. The van der Waals surface area contributed by atoms with E-state index < -0.39 is 41.4 Å². The third-order valence-corrected chi connectivity index (χ3v) is 15.5. The highest BCUT2D eigenvalue weighted by molar-refractivity contribution is 6.33. The van der Waals surface area contributed by atoms with Gasteiger partial charge < -0.3 is 35.1 Å². The van der Waals surface area contributed by atoms with Crippen LogP contribution >= 0.6 is 11.6 Å². The van der Waals surface area contributed by atoms with Crippen molar-refractivity contribution >= 4 is 52.7 Å². The minimum absolute atomic E-state index is 0.00242. The average Bonchev–Trinajstić information content (AvgIpc) is 3.67. The molecule has 0 spiro atoms. The molecule has 2 unspecified atom stereocenters. The number of nitrogens with zero attached hydrogens (tertiary/aromatic N) is 3. The van der Waals surface area contributed by atoms with E-state index in [0.29, 0.717) is 48.0 Å². The fraction of sp³-hybridized carbons (Fsp3) is 0.464. The Balaban J connectivity index is 0.726. The predicted molar refractivity (Wildman–Crippen MR) is 277 cm³/mol. The minimum atomic E-state index is -1.01. The Kier molecular flexibility index (Phi) is 17.0. The van der Waals surface area contributed by atoms with Crippen LogP contribution in [0.1, 0.15) is 112 Å². The first kappa shape index (κ1) is 52.6. The molecule has 0 aromatic heterocycles. The summed E-state index contributed by atoms with van der Waals surface area (Å²) in [6, 6.07) is 23.2. The Bertz CT molecular complexity index is 2720. The Morgan fingerprint density at radius 1 is 0.770 bits per heavy atom. The smallest absolute Gasteiger partial charge is 0.264 e. The number of piperidine rings is 3. The molecule has 4 aromatic carbocycles. The number of carbonyl (C=O) groups is 6. The topological polar surface area (TPSA) is 188 Å². The number of ether oxygens (including phenoxy) is 3. The summed E-state index contributed by atoms with van der Waals surface area (Å²) < 4.78 is 33.7. The van der Waals surface area contributed by atoms with E-state index in [9.17, 15) is 28.8 Å². The van der Waals surface area contributed by atoms with E-state index in [2.05, 4.69) is 43.2 Å². The molecule has 4 N–H and O–H groups in total. The van der Waals surface area contributed by atoms with E-state index in [1.54, 1.807) is 24.3 Å². The monoisotopic (exact) mass is 1030 g/mol. The first-order chi connectivity index (χ1) is 35.9. The van der Waals surface area contributed by atoms with Gasteiger partial charge in [-0.1, -0.05) is 54.1 Å². The molecule has 0 radical (unpaired) electrons. The maximum absolute atomic E-state index is 16.3. The Hall–Kier alpha value is -6.24. The summed E-state index contributed by atoms with van der Waals surface area (Å²) in [5.74, 6) is -3.27. The molecule has 5 aliphatic rings. The van der Waals surface area contributed by atoms with Gasteiger partial charge in [-0.3, -0.25) is 43.9 Å². The zero-order valence-corrected chi connectivity index (χ0v) is 42.7. The number of imide groups is 2. The maximum Gasteiger partial charge on any atom is 0.264 e. The van der Waals surface area contributed by atoms with Gasteiger partial charge in [0.25, 0.3) is 17.7 Å². The van der Waals surface area contributed by atoms with Crippen molar-refractivity contribution in [3.63, 3.8) is 0 Å². The normalized spacial score (nSPS) is 21.3. The number of amides is 6. The second kappa shape index (κ2) is 24.0. The van der Waals surface area contributed by atoms with E-state index in [-0.39, 0.29) is 84.6 Å². The van der Waals surface area contributed by atoms with Crippen LogP contribution in [-0.4, -0.2) is 142 Å². The summed E-state index contributed by atoms with van der Waals surface area (Å²) in [6.07, 6.45) is 6.99. The van der Waals surface area contributed by atoms with Crippen molar-refractivity contribution in [2.24, 2.45) is 0 Å². The molecule has 18 heteroatoms. The largest absolute Gasteiger partial charge is 0.488 e. The van der Waals surface area contributed by atoms with Crippen molar-refractivity contribution in [2.45, 2.75) is 100 Å². The van der Waals surface area contributed by atoms with Crippen LogP contribution in [0, 0.1) is 5.82 Å². The lowest BCUT2D eigenvalue weighted by Crippen LogP contribution is -2.54. The number of methoxy groups -OCH3 is 1. The number of hydrogen-bond donors (Lipinski definition) is 4. The van der Waals surface area contributed by atoms with Crippen LogP contribution in [0.25, 0.3) is 11.1 Å². The summed E-state index contributed by atoms with van der Waals surface area (Å²) in [5.41, 5.74) is 3.83. The zero-order valence-electron chi connectivity index (χ0n) is 42.0. The second-order valence-corrected chi connectivity index (χ2v) is 20.3. The highest BCUT2D eigenvalue weighted by Crippen LogP contribution is 2.40. The van der Waals surface area contributed by atoms with Crippen LogP contribution in [0.3, 0.4) is 0 Å². The van der Waals surface area contributed by atoms with Gasteiger partial charge in [-0.2, -0.15) is 0 Å². The standard InChI is InChI=1S/C56H65ClFN7O9/c1-59-53(68)40-16-19-47(73-30-29-72-2)52(58)50(40)42-31-35(11-17-44(42)57)43(34-7-4-3-5-8-34)32-60-36-12-14-37(15-13-36)61-49(67)33-63-25-21-38(22-26-63)74-39-23-27-64(28-24-39)45-10-6-9-41-51(45)56(71)65(55(41)70)46-18-20-48(66)62-54(46)69/h3-11,16-17,19,31,36-39,43,46,60H,12-15,18,20-30,32-33H2,1-2H3,(H,59,68)(H,61,67)(H,62,66,69). The van der Waals surface area contributed by atoms with Gasteiger partial charge in [-0.15, -0.1) is 0 Å². The van der Waals surface area contributed by atoms with Crippen molar-refractivity contribution in [2.75, 3.05) is 71.5 Å². The molecule has 4 heterocycles. The molecule has 3 saturated heterocycles. The van der Waals surface area contributed by atoms with Crippen molar-refractivity contribution in [3.8, 4) is 16.9 Å². The summed E-state index contributed by atoms with van der Waals surface area (Å²) >= 11 is 6.81. The summed E-state index contributed by atoms with van der Waals surface area (Å²) in [4.78, 5) is 83.2. The number of fused-ring (bicyclic) bond motifs is 1. The zero-order chi connectivity index (χ0) is 51.9. The first-order valence-corrected chi connectivity index (χ1v) is 26.3.